The molecule has 5 heteroatoms. The van der Waals surface area contributed by atoms with E-state index in [1.807, 2.05) is 35.1 Å². The molecule has 1 aliphatic rings. The fourth-order valence-electron chi connectivity index (χ4n) is 2.56. The Labute approximate surface area is 112 Å². The smallest absolute Gasteiger partial charge is 0.119 e. The van der Waals surface area contributed by atoms with E-state index in [-0.39, 0.29) is 0 Å². The van der Waals surface area contributed by atoms with Crippen LogP contribution in [0.5, 0.6) is 5.75 Å². The second-order valence-electron chi connectivity index (χ2n) is 4.79. The van der Waals surface area contributed by atoms with E-state index in [9.17, 15) is 0 Å². The molecule has 0 unspecified atom stereocenters. The first kappa shape index (κ1) is 12.2. The Morgan fingerprint density at radius 1 is 1.21 bits per heavy atom. The number of benzene rings is 1. The zero-order chi connectivity index (χ0) is 13.1. The molecule has 1 saturated heterocycles. The van der Waals surface area contributed by atoms with Crippen LogP contribution in [0.15, 0.2) is 30.5 Å². The second kappa shape index (κ2) is 5.40. The van der Waals surface area contributed by atoms with Crippen LogP contribution in [0.3, 0.4) is 0 Å². The van der Waals surface area contributed by atoms with Crippen LogP contribution in [0, 0.1) is 0 Å². The van der Waals surface area contributed by atoms with Gasteiger partial charge >= 0.3 is 0 Å². The third-order valence-corrected chi connectivity index (χ3v) is 3.65. The van der Waals surface area contributed by atoms with E-state index in [1.165, 1.54) is 5.69 Å². The van der Waals surface area contributed by atoms with Gasteiger partial charge in [-0.25, -0.2) is 4.68 Å². The highest BCUT2D eigenvalue weighted by Crippen LogP contribution is 2.26. The summed E-state index contributed by atoms with van der Waals surface area (Å²) in [6.07, 6.45) is 4.17. The summed E-state index contributed by atoms with van der Waals surface area (Å²) in [4.78, 5) is 0. The molecule has 0 amide bonds. The molecule has 100 valence electrons. The molecule has 0 bridgehead atoms. The maximum Gasteiger partial charge on any atom is 0.119 e. The lowest BCUT2D eigenvalue weighted by molar-refractivity contribution is 0.414. The Morgan fingerprint density at radius 3 is 2.63 bits per heavy atom. The minimum atomic E-state index is 0.540. The highest BCUT2D eigenvalue weighted by Gasteiger charge is 2.20. The average molecular weight is 258 g/mol. The van der Waals surface area contributed by atoms with Gasteiger partial charge in [0.05, 0.1) is 24.7 Å². The topological polar surface area (TPSA) is 52.0 Å². The number of nitrogens with zero attached hydrogens (tertiary/aromatic N) is 3. The molecule has 0 saturated carbocycles. The first-order chi connectivity index (χ1) is 9.38. The largest absolute Gasteiger partial charge is 0.497 e. The molecule has 3 rings (SSSR count). The molecule has 0 atom stereocenters. The Kier molecular flexibility index (Phi) is 3.46. The van der Waals surface area contributed by atoms with Gasteiger partial charge in [0.2, 0.25) is 0 Å². The molecule has 5 nitrogen and oxygen atoms in total. The molecular weight excluding hydrogens is 240 g/mol. The monoisotopic (exact) mass is 258 g/mol. The minimum Gasteiger partial charge on any atom is -0.497 e. The van der Waals surface area contributed by atoms with Crippen LogP contribution in [-0.4, -0.2) is 35.2 Å². The number of methoxy groups -OCH3 is 1. The third-order valence-electron chi connectivity index (χ3n) is 3.65. The number of hydrogen-bond donors (Lipinski definition) is 1. The van der Waals surface area contributed by atoms with Crippen LogP contribution in [0.25, 0.3) is 5.69 Å². The molecule has 0 aliphatic carbocycles. The molecule has 1 aromatic heterocycles. The number of hydrogen-bond acceptors (Lipinski definition) is 4. The van der Waals surface area contributed by atoms with Gasteiger partial charge in [0.25, 0.3) is 0 Å². The lowest BCUT2D eigenvalue weighted by atomic mass is 9.95. The molecule has 1 fully saturated rings. The van der Waals surface area contributed by atoms with Crippen LogP contribution in [0.1, 0.15) is 24.5 Å². The average Bonchev–Trinajstić information content (AvgIpc) is 2.98. The van der Waals surface area contributed by atoms with Crippen LogP contribution in [0.2, 0.25) is 0 Å². The predicted molar refractivity (Wildman–Crippen MR) is 72.8 cm³/mol. The molecule has 2 aromatic rings. The first-order valence-electron chi connectivity index (χ1n) is 6.64. The van der Waals surface area contributed by atoms with Crippen molar-refractivity contribution >= 4 is 0 Å². The van der Waals surface area contributed by atoms with E-state index in [1.54, 1.807) is 7.11 Å². The molecule has 19 heavy (non-hydrogen) atoms. The molecule has 1 aliphatic heterocycles. The van der Waals surface area contributed by atoms with Crippen molar-refractivity contribution in [3.63, 3.8) is 0 Å². The van der Waals surface area contributed by atoms with Gasteiger partial charge in [-0.1, -0.05) is 5.21 Å². The van der Waals surface area contributed by atoms with Gasteiger partial charge in [-0.05, 0) is 50.2 Å². The molecule has 0 radical (unpaired) electrons. The van der Waals surface area contributed by atoms with Crippen LogP contribution in [0.4, 0.5) is 0 Å². The second-order valence-corrected chi connectivity index (χ2v) is 4.79. The zero-order valence-corrected chi connectivity index (χ0v) is 11.0. The molecule has 1 N–H and O–H groups in total. The van der Waals surface area contributed by atoms with Gasteiger partial charge in [-0.2, -0.15) is 0 Å². The lowest BCUT2D eigenvalue weighted by Gasteiger charge is -2.22. The summed E-state index contributed by atoms with van der Waals surface area (Å²) in [6.45, 7) is 2.14. The fraction of sp³-hybridized carbons (Fsp3) is 0.429. The van der Waals surface area contributed by atoms with Gasteiger partial charge in [-0.15, -0.1) is 5.10 Å². The van der Waals surface area contributed by atoms with E-state index in [4.69, 9.17) is 4.74 Å². The van der Waals surface area contributed by atoms with Crippen molar-refractivity contribution in [3.8, 4) is 11.4 Å². The van der Waals surface area contributed by atoms with Gasteiger partial charge in [0.15, 0.2) is 0 Å². The Bertz CT molecular complexity index is 529. The standard InChI is InChI=1S/C14H18N4O/c1-19-13-4-2-12(3-5-13)18-14(10-16-17-18)11-6-8-15-9-7-11/h2-5,10-11,15H,6-9H2,1H3. The lowest BCUT2D eigenvalue weighted by Crippen LogP contribution is -2.27. The maximum absolute atomic E-state index is 5.18. The molecule has 0 spiro atoms. The quantitative estimate of drug-likeness (QED) is 0.911. The molecular formula is C14H18N4O. The number of rotatable bonds is 3. The van der Waals surface area contributed by atoms with Crippen molar-refractivity contribution in [2.75, 3.05) is 20.2 Å². The third kappa shape index (κ3) is 2.46. The Balaban J connectivity index is 1.89. The normalized spacial score (nSPS) is 16.5. The Hall–Kier alpha value is -1.88. The SMILES string of the molecule is COc1ccc(-n2nncc2C2CCNCC2)cc1. The van der Waals surface area contributed by atoms with E-state index in [0.29, 0.717) is 5.92 Å². The van der Waals surface area contributed by atoms with Crippen molar-refractivity contribution < 1.29 is 4.74 Å². The summed E-state index contributed by atoms with van der Waals surface area (Å²) in [5.41, 5.74) is 2.23. The van der Waals surface area contributed by atoms with Crippen molar-refractivity contribution in [2.45, 2.75) is 18.8 Å². The highest BCUT2D eigenvalue weighted by atomic mass is 16.5. The van der Waals surface area contributed by atoms with Crippen molar-refractivity contribution in [1.29, 1.82) is 0 Å². The fourth-order valence-corrected chi connectivity index (χ4v) is 2.56. The van der Waals surface area contributed by atoms with Crippen molar-refractivity contribution in [2.24, 2.45) is 0 Å². The van der Waals surface area contributed by atoms with Gasteiger partial charge in [0.1, 0.15) is 5.75 Å². The van der Waals surface area contributed by atoms with Gasteiger partial charge in [0, 0.05) is 5.92 Å². The van der Waals surface area contributed by atoms with E-state index >= 15 is 0 Å². The zero-order valence-electron chi connectivity index (χ0n) is 11.0. The molecule has 2 heterocycles. The summed E-state index contributed by atoms with van der Waals surface area (Å²) in [5.74, 6) is 1.39. The summed E-state index contributed by atoms with van der Waals surface area (Å²) in [6, 6.07) is 7.92. The van der Waals surface area contributed by atoms with Crippen LogP contribution < -0.4 is 10.1 Å². The summed E-state index contributed by atoms with van der Waals surface area (Å²) in [5, 5.41) is 11.7. The van der Waals surface area contributed by atoms with Crippen molar-refractivity contribution in [1.82, 2.24) is 20.3 Å². The number of nitrogens with one attached hydrogen (secondary N) is 1. The maximum atomic E-state index is 5.18. The van der Waals surface area contributed by atoms with Crippen molar-refractivity contribution in [3.05, 3.63) is 36.2 Å². The summed E-state index contributed by atoms with van der Waals surface area (Å²) >= 11 is 0. The summed E-state index contributed by atoms with van der Waals surface area (Å²) in [7, 11) is 1.67. The van der Waals surface area contributed by atoms with E-state index < -0.39 is 0 Å². The molecule has 1 aromatic carbocycles. The number of aromatic nitrogens is 3. The number of piperidine rings is 1. The van der Waals surface area contributed by atoms with E-state index in [0.717, 1.165) is 37.4 Å². The number of ether oxygens (including phenoxy) is 1. The first-order valence-corrected chi connectivity index (χ1v) is 6.64. The van der Waals surface area contributed by atoms with Crippen LogP contribution in [-0.2, 0) is 0 Å². The highest BCUT2D eigenvalue weighted by molar-refractivity contribution is 5.38. The Morgan fingerprint density at radius 2 is 1.95 bits per heavy atom. The van der Waals surface area contributed by atoms with Gasteiger partial charge < -0.3 is 10.1 Å². The van der Waals surface area contributed by atoms with E-state index in [2.05, 4.69) is 15.6 Å². The minimum absolute atomic E-state index is 0.540. The van der Waals surface area contributed by atoms with Crippen LogP contribution >= 0.6 is 0 Å². The summed E-state index contributed by atoms with van der Waals surface area (Å²) < 4.78 is 7.12. The van der Waals surface area contributed by atoms with Gasteiger partial charge in [-0.3, -0.25) is 0 Å². The predicted octanol–water partition coefficient (Wildman–Crippen LogP) is 1.74.